The topological polar surface area (TPSA) is 49.2 Å². The third kappa shape index (κ3) is 4.12. The molecular weight excluding hydrogens is 363 g/mol. The first-order valence-corrected chi connectivity index (χ1v) is 10.0. The minimum absolute atomic E-state index is 0.231. The standard InChI is InChI=1S/C19H23FN6S/c1-2-24-10-12-25(13-11-24)18-22-23-19(27-18)26-9-3-4-17(26)14-21-16-7-5-15(20)6-8-16/h3-9,21H,2,10-14H2,1H3. The molecule has 0 bridgehead atoms. The fourth-order valence-electron chi connectivity index (χ4n) is 3.20. The Labute approximate surface area is 162 Å². The van der Waals surface area contributed by atoms with Crippen LogP contribution in [-0.4, -0.2) is 52.4 Å². The highest BCUT2D eigenvalue weighted by atomic mass is 32.1. The summed E-state index contributed by atoms with van der Waals surface area (Å²) in [7, 11) is 0. The summed E-state index contributed by atoms with van der Waals surface area (Å²) in [5, 5.41) is 14.0. The van der Waals surface area contributed by atoms with Gasteiger partial charge in [0.2, 0.25) is 10.3 Å². The maximum absolute atomic E-state index is 13.0. The SMILES string of the molecule is CCN1CCN(c2nnc(-n3cccc3CNc3ccc(F)cc3)s2)CC1. The maximum Gasteiger partial charge on any atom is 0.218 e. The Kier molecular flexibility index (Phi) is 5.35. The first-order chi connectivity index (χ1) is 13.2. The highest BCUT2D eigenvalue weighted by Crippen LogP contribution is 2.25. The van der Waals surface area contributed by atoms with Crippen molar-refractivity contribution in [2.45, 2.75) is 13.5 Å². The van der Waals surface area contributed by atoms with Gasteiger partial charge in [-0.2, -0.15) is 0 Å². The van der Waals surface area contributed by atoms with E-state index in [2.05, 4.69) is 42.9 Å². The zero-order valence-corrected chi connectivity index (χ0v) is 16.1. The Morgan fingerprint density at radius 1 is 1.04 bits per heavy atom. The lowest BCUT2D eigenvalue weighted by Crippen LogP contribution is -2.46. The predicted octanol–water partition coefficient (Wildman–Crippen LogP) is 3.22. The van der Waals surface area contributed by atoms with Crippen molar-refractivity contribution in [1.29, 1.82) is 0 Å². The van der Waals surface area contributed by atoms with Crippen molar-refractivity contribution < 1.29 is 4.39 Å². The highest BCUT2D eigenvalue weighted by molar-refractivity contribution is 7.17. The summed E-state index contributed by atoms with van der Waals surface area (Å²) in [5.74, 6) is -0.231. The molecule has 8 heteroatoms. The van der Waals surface area contributed by atoms with Crippen LogP contribution in [0.3, 0.4) is 0 Å². The third-order valence-corrected chi connectivity index (χ3v) is 5.83. The molecule has 2 aromatic heterocycles. The lowest BCUT2D eigenvalue weighted by Gasteiger charge is -2.33. The number of hydrogen-bond donors (Lipinski definition) is 1. The van der Waals surface area contributed by atoms with E-state index < -0.39 is 0 Å². The smallest absolute Gasteiger partial charge is 0.218 e. The van der Waals surface area contributed by atoms with Crippen LogP contribution >= 0.6 is 11.3 Å². The Hall–Kier alpha value is -2.45. The molecule has 142 valence electrons. The molecule has 27 heavy (non-hydrogen) atoms. The lowest BCUT2D eigenvalue weighted by atomic mass is 10.3. The average Bonchev–Trinajstić information content (AvgIpc) is 3.37. The molecule has 1 aromatic carbocycles. The third-order valence-electron chi connectivity index (χ3n) is 4.85. The summed E-state index contributed by atoms with van der Waals surface area (Å²) < 4.78 is 15.1. The number of nitrogens with one attached hydrogen (secondary N) is 1. The van der Waals surface area contributed by atoms with E-state index in [9.17, 15) is 4.39 Å². The second kappa shape index (κ2) is 8.06. The second-order valence-corrected chi connectivity index (χ2v) is 7.45. The Morgan fingerprint density at radius 2 is 1.78 bits per heavy atom. The minimum atomic E-state index is -0.231. The maximum atomic E-state index is 13.0. The summed E-state index contributed by atoms with van der Waals surface area (Å²) in [6, 6.07) is 10.4. The molecule has 4 rings (SSSR count). The van der Waals surface area contributed by atoms with Crippen molar-refractivity contribution in [1.82, 2.24) is 19.7 Å². The van der Waals surface area contributed by atoms with Gasteiger partial charge in [0.05, 0.1) is 6.54 Å². The van der Waals surface area contributed by atoms with Gasteiger partial charge in [-0.05, 0) is 42.9 Å². The van der Waals surface area contributed by atoms with Crippen molar-refractivity contribution in [3.63, 3.8) is 0 Å². The van der Waals surface area contributed by atoms with Gasteiger partial charge in [-0.25, -0.2) is 4.39 Å². The van der Waals surface area contributed by atoms with Gasteiger partial charge in [-0.1, -0.05) is 18.3 Å². The molecule has 0 spiro atoms. The lowest BCUT2D eigenvalue weighted by molar-refractivity contribution is 0.271. The molecular formula is C19H23FN6S. The molecule has 0 radical (unpaired) electrons. The molecule has 0 atom stereocenters. The molecule has 1 aliphatic rings. The molecule has 1 aliphatic heterocycles. The average molecular weight is 387 g/mol. The van der Waals surface area contributed by atoms with Gasteiger partial charge in [0, 0.05) is 43.8 Å². The number of aromatic nitrogens is 3. The van der Waals surface area contributed by atoms with Crippen LogP contribution in [-0.2, 0) is 6.54 Å². The summed E-state index contributed by atoms with van der Waals surface area (Å²) in [5.41, 5.74) is 1.97. The van der Waals surface area contributed by atoms with Crippen LogP contribution in [0.25, 0.3) is 5.13 Å². The number of likely N-dealkylation sites (N-methyl/N-ethyl adjacent to an activating group) is 1. The van der Waals surface area contributed by atoms with Gasteiger partial charge in [0.15, 0.2) is 0 Å². The number of piperazine rings is 1. The van der Waals surface area contributed by atoms with E-state index in [1.165, 1.54) is 12.1 Å². The molecule has 1 N–H and O–H groups in total. The van der Waals surface area contributed by atoms with Gasteiger partial charge in [-0.3, -0.25) is 4.57 Å². The summed E-state index contributed by atoms with van der Waals surface area (Å²) in [6.07, 6.45) is 2.00. The van der Waals surface area contributed by atoms with Crippen LogP contribution in [0, 0.1) is 5.82 Å². The minimum Gasteiger partial charge on any atom is -0.379 e. The summed E-state index contributed by atoms with van der Waals surface area (Å²) in [6.45, 7) is 8.06. The zero-order valence-electron chi connectivity index (χ0n) is 15.3. The Bertz CT molecular complexity index is 866. The monoisotopic (exact) mass is 386 g/mol. The highest BCUT2D eigenvalue weighted by Gasteiger charge is 2.20. The molecule has 0 saturated carbocycles. The van der Waals surface area contributed by atoms with E-state index in [0.29, 0.717) is 6.54 Å². The van der Waals surface area contributed by atoms with Crippen molar-refractivity contribution in [3.8, 4) is 5.13 Å². The van der Waals surface area contributed by atoms with Gasteiger partial charge < -0.3 is 15.1 Å². The van der Waals surface area contributed by atoms with Gasteiger partial charge >= 0.3 is 0 Å². The van der Waals surface area contributed by atoms with E-state index >= 15 is 0 Å². The number of hydrogen-bond acceptors (Lipinski definition) is 6. The van der Waals surface area contributed by atoms with E-state index in [0.717, 1.165) is 54.4 Å². The first kappa shape index (κ1) is 17.9. The Morgan fingerprint density at radius 3 is 2.52 bits per heavy atom. The number of benzene rings is 1. The quantitative estimate of drug-likeness (QED) is 0.705. The summed E-state index contributed by atoms with van der Waals surface area (Å²) in [4.78, 5) is 4.76. The largest absolute Gasteiger partial charge is 0.379 e. The van der Waals surface area contributed by atoms with Crippen LogP contribution in [0.15, 0.2) is 42.6 Å². The fourth-order valence-corrected chi connectivity index (χ4v) is 4.11. The Balaban J connectivity index is 1.43. The van der Waals surface area contributed by atoms with Gasteiger partial charge in [0.1, 0.15) is 5.82 Å². The molecule has 3 heterocycles. The number of nitrogens with zero attached hydrogens (tertiary/aromatic N) is 5. The van der Waals surface area contributed by atoms with Crippen molar-refractivity contribution in [2.75, 3.05) is 42.9 Å². The second-order valence-electron chi connectivity index (χ2n) is 6.52. The van der Waals surface area contributed by atoms with Crippen molar-refractivity contribution >= 4 is 22.2 Å². The first-order valence-electron chi connectivity index (χ1n) is 9.20. The van der Waals surface area contributed by atoms with Crippen LogP contribution in [0.2, 0.25) is 0 Å². The predicted molar refractivity (Wildman–Crippen MR) is 107 cm³/mol. The molecule has 1 fully saturated rings. The zero-order chi connectivity index (χ0) is 18.6. The van der Waals surface area contributed by atoms with E-state index in [4.69, 9.17) is 0 Å². The molecule has 0 unspecified atom stereocenters. The number of rotatable bonds is 6. The van der Waals surface area contributed by atoms with Crippen LogP contribution < -0.4 is 10.2 Å². The molecule has 1 saturated heterocycles. The molecule has 6 nitrogen and oxygen atoms in total. The molecule has 0 aliphatic carbocycles. The van der Waals surface area contributed by atoms with E-state index in [-0.39, 0.29) is 5.82 Å². The summed E-state index contributed by atoms with van der Waals surface area (Å²) >= 11 is 1.61. The van der Waals surface area contributed by atoms with Gasteiger partial charge in [0.25, 0.3) is 0 Å². The van der Waals surface area contributed by atoms with E-state index in [1.54, 1.807) is 23.5 Å². The molecule has 0 amide bonds. The molecule has 3 aromatic rings. The fraction of sp³-hybridized carbons (Fsp3) is 0.368. The number of anilines is 2. The van der Waals surface area contributed by atoms with Crippen molar-refractivity contribution in [2.24, 2.45) is 0 Å². The van der Waals surface area contributed by atoms with E-state index in [1.807, 2.05) is 12.3 Å². The van der Waals surface area contributed by atoms with Gasteiger partial charge in [-0.15, -0.1) is 10.2 Å². The number of halogens is 1. The normalized spacial score (nSPS) is 15.3. The van der Waals surface area contributed by atoms with Crippen LogP contribution in [0.1, 0.15) is 12.6 Å². The van der Waals surface area contributed by atoms with Crippen LogP contribution in [0.4, 0.5) is 15.2 Å². The van der Waals surface area contributed by atoms with Crippen molar-refractivity contribution in [3.05, 3.63) is 54.1 Å². The van der Waals surface area contributed by atoms with Crippen LogP contribution in [0.5, 0.6) is 0 Å².